The molecule has 39 heavy (non-hydrogen) atoms. The second-order valence-electron chi connectivity index (χ2n) is 8.99. The third-order valence-corrected chi connectivity index (χ3v) is 6.71. The molecule has 0 saturated heterocycles. The van der Waals surface area contributed by atoms with Crippen molar-refractivity contribution >= 4 is 34.1 Å². The molecule has 3 heterocycles. The molecule has 0 bridgehead atoms. The smallest absolute Gasteiger partial charge is 0.238 e. The van der Waals surface area contributed by atoms with E-state index in [-0.39, 0.29) is 5.91 Å². The molecule has 2 N–H and O–H groups in total. The van der Waals surface area contributed by atoms with Gasteiger partial charge in [-0.15, -0.1) is 5.10 Å². The fourth-order valence-electron chi connectivity index (χ4n) is 4.56. The number of hydrogen-bond acceptors (Lipinski definition) is 6. The summed E-state index contributed by atoms with van der Waals surface area (Å²) in [7, 11) is 0. The lowest BCUT2D eigenvalue weighted by Crippen LogP contribution is -2.38. The number of benzene rings is 3. The average molecular weight is 537 g/mol. The number of pyridine rings is 1. The zero-order valence-electron chi connectivity index (χ0n) is 20.4. The lowest BCUT2D eigenvalue weighted by Gasteiger charge is -2.18. The van der Waals surface area contributed by atoms with E-state index in [0.717, 1.165) is 21.2 Å². The summed E-state index contributed by atoms with van der Waals surface area (Å²) in [5.74, 6) is -1.05. The lowest BCUT2D eigenvalue weighted by molar-refractivity contribution is -0.614. The maximum absolute atomic E-state index is 13.6. The minimum Gasteiger partial charge on any atom is -0.618 e. The summed E-state index contributed by atoms with van der Waals surface area (Å²) >= 11 is 6.28. The standard InChI is InChI=1S/C28H21ClN8O2/c29-21-8-11-26(36-17-31-34-35-36)23(13-21)20-7-10-27(37(39)16-20)24(12-18-4-2-1-3-5-18)28(38)32-22-9-6-19-15-30-33-25(19)14-22/h1-11,13-17,24H,12H2,(H,30,33)(H,32,38). The molecule has 6 rings (SSSR count). The van der Waals surface area contributed by atoms with Crippen LogP contribution in [0.2, 0.25) is 5.02 Å². The number of H-pyrrole nitrogens is 1. The SMILES string of the molecule is O=C(Nc1ccc2cn[nH]c2c1)C(Cc1ccccc1)c1ccc(-c2cc(Cl)ccc2-n2cnnn2)c[n+]1[O-]. The molecule has 0 fully saturated rings. The highest BCUT2D eigenvalue weighted by atomic mass is 35.5. The highest BCUT2D eigenvalue weighted by molar-refractivity contribution is 6.31. The summed E-state index contributed by atoms with van der Waals surface area (Å²) in [4.78, 5) is 13.6. The molecule has 10 nitrogen and oxygen atoms in total. The van der Waals surface area contributed by atoms with Crippen LogP contribution in [0.4, 0.5) is 5.69 Å². The van der Waals surface area contributed by atoms with Crippen LogP contribution in [0.5, 0.6) is 0 Å². The molecule has 0 aliphatic carbocycles. The highest BCUT2D eigenvalue weighted by Crippen LogP contribution is 2.30. The molecule has 192 valence electrons. The number of tetrazole rings is 1. The van der Waals surface area contributed by atoms with Crippen molar-refractivity contribution in [1.82, 2.24) is 30.4 Å². The first-order valence-corrected chi connectivity index (χ1v) is 12.5. The monoisotopic (exact) mass is 536 g/mol. The van der Waals surface area contributed by atoms with E-state index in [0.29, 0.717) is 39.6 Å². The van der Waals surface area contributed by atoms with Gasteiger partial charge in [0.15, 0.2) is 6.20 Å². The van der Waals surface area contributed by atoms with E-state index >= 15 is 0 Å². The van der Waals surface area contributed by atoms with E-state index < -0.39 is 5.92 Å². The van der Waals surface area contributed by atoms with Crippen LogP contribution in [0.1, 0.15) is 17.2 Å². The van der Waals surface area contributed by atoms with Crippen molar-refractivity contribution in [2.45, 2.75) is 12.3 Å². The Bertz CT molecular complexity index is 1770. The molecule has 0 aliphatic heterocycles. The Morgan fingerprint density at radius 3 is 2.74 bits per heavy atom. The predicted molar refractivity (Wildman–Crippen MR) is 146 cm³/mol. The zero-order valence-corrected chi connectivity index (χ0v) is 21.2. The number of rotatable bonds is 7. The van der Waals surface area contributed by atoms with Gasteiger partial charge in [-0.25, -0.2) is 0 Å². The number of nitrogens with zero attached hydrogens (tertiary/aromatic N) is 6. The number of amides is 1. The second kappa shape index (κ2) is 10.3. The van der Waals surface area contributed by atoms with Crippen LogP contribution >= 0.6 is 11.6 Å². The van der Waals surface area contributed by atoms with Crippen molar-refractivity contribution in [3.8, 4) is 16.8 Å². The van der Waals surface area contributed by atoms with E-state index in [9.17, 15) is 10.0 Å². The Morgan fingerprint density at radius 1 is 1.08 bits per heavy atom. The number of aromatic amines is 1. The molecule has 1 atom stereocenters. The molecular weight excluding hydrogens is 516 g/mol. The van der Waals surface area contributed by atoms with Crippen LogP contribution in [-0.2, 0) is 11.2 Å². The molecule has 0 spiro atoms. The first-order valence-electron chi connectivity index (χ1n) is 12.1. The Kier molecular flexibility index (Phi) is 6.44. The molecule has 0 radical (unpaired) electrons. The minimum absolute atomic E-state index is 0.299. The van der Waals surface area contributed by atoms with Gasteiger partial charge in [-0.1, -0.05) is 41.9 Å². The molecule has 11 heteroatoms. The number of carbonyl (C=O) groups is 1. The Labute approximate surface area is 227 Å². The Balaban J connectivity index is 1.36. The van der Waals surface area contributed by atoms with Crippen LogP contribution in [0, 0.1) is 5.21 Å². The summed E-state index contributed by atoms with van der Waals surface area (Å²) in [6.45, 7) is 0. The van der Waals surface area contributed by atoms with Crippen LogP contribution in [0.25, 0.3) is 27.7 Å². The second-order valence-corrected chi connectivity index (χ2v) is 9.42. The first-order chi connectivity index (χ1) is 19.0. The molecule has 0 saturated carbocycles. The summed E-state index contributed by atoms with van der Waals surface area (Å²) in [6.07, 6.45) is 4.96. The van der Waals surface area contributed by atoms with Crippen molar-refractivity contribution < 1.29 is 9.52 Å². The lowest BCUT2D eigenvalue weighted by atomic mass is 9.93. The third kappa shape index (κ3) is 5.05. The summed E-state index contributed by atoms with van der Waals surface area (Å²) in [5, 5.41) is 36.2. The predicted octanol–water partition coefficient (Wildman–Crippen LogP) is 4.46. The van der Waals surface area contributed by atoms with Crippen LogP contribution < -0.4 is 10.0 Å². The van der Waals surface area contributed by atoms with Gasteiger partial charge in [0, 0.05) is 33.3 Å². The average Bonchev–Trinajstić information content (AvgIpc) is 3.65. The normalized spacial score (nSPS) is 11.9. The first kappa shape index (κ1) is 24.3. The number of halogens is 1. The van der Waals surface area contributed by atoms with Gasteiger partial charge in [-0.05, 0) is 64.9 Å². The summed E-state index contributed by atoms with van der Waals surface area (Å²) in [5.41, 5.74) is 4.58. The number of aromatic nitrogens is 7. The van der Waals surface area contributed by atoms with Gasteiger partial charge in [0.2, 0.25) is 11.6 Å². The van der Waals surface area contributed by atoms with Crippen molar-refractivity contribution in [3.05, 3.63) is 119 Å². The zero-order chi connectivity index (χ0) is 26.8. The molecule has 0 aliphatic rings. The summed E-state index contributed by atoms with van der Waals surface area (Å²) in [6, 6.07) is 23.8. The topological polar surface area (TPSA) is 128 Å². The van der Waals surface area contributed by atoms with Gasteiger partial charge >= 0.3 is 0 Å². The molecule has 6 aromatic rings. The maximum atomic E-state index is 13.6. The molecule has 3 aromatic carbocycles. The van der Waals surface area contributed by atoms with Gasteiger partial charge in [-0.2, -0.15) is 14.5 Å². The number of carbonyl (C=O) groups excluding carboxylic acids is 1. The largest absolute Gasteiger partial charge is 0.618 e. The summed E-state index contributed by atoms with van der Waals surface area (Å²) < 4.78 is 2.24. The van der Waals surface area contributed by atoms with Gasteiger partial charge in [-0.3, -0.25) is 9.89 Å². The molecular formula is C28H21ClN8O2. The molecule has 1 unspecified atom stereocenters. The van der Waals surface area contributed by atoms with Gasteiger partial charge in [0.05, 0.1) is 17.4 Å². The number of hydrogen-bond donors (Lipinski definition) is 2. The van der Waals surface area contributed by atoms with Gasteiger partial charge in [0.25, 0.3) is 0 Å². The molecule has 1 amide bonds. The fraction of sp³-hybridized carbons (Fsp3) is 0.0714. The van der Waals surface area contributed by atoms with E-state index in [2.05, 4.69) is 31.0 Å². The number of nitrogens with one attached hydrogen (secondary N) is 2. The van der Waals surface area contributed by atoms with Crippen molar-refractivity contribution in [3.63, 3.8) is 0 Å². The van der Waals surface area contributed by atoms with Crippen molar-refractivity contribution in [2.24, 2.45) is 0 Å². The highest BCUT2D eigenvalue weighted by Gasteiger charge is 2.29. The van der Waals surface area contributed by atoms with E-state index in [1.807, 2.05) is 48.5 Å². The van der Waals surface area contributed by atoms with Crippen LogP contribution in [0.15, 0.2) is 97.6 Å². The maximum Gasteiger partial charge on any atom is 0.238 e. The van der Waals surface area contributed by atoms with E-state index in [1.165, 1.54) is 17.2 Å². The fourth-order valence-corrected chi connectivity index (χ4v) is 4.73. The number of fused-ring (bicyclic) bond motifs is 1. The Morgan fingerprint density at radius 2 is 1.95 bits per heavy atom. The van der Waals surface area contributed by atoms with Crippen LogP contribution in [0.3, 0.4) is 0 Å². The van der Waals surface area contributed by atoms with Crippen LogP contribution in [-0.4, -0.2) is 36.3 Å². The third-order valence-electron chi connectivity index (χ3n) is 6.48. The van der Waals surface area contributed by atoms with Crippen molar-refractivity contribution in [2.75, 3.05) is 5.32 Å². The van der Waals surface area contributed by atoms with Gasteiger partial charge < -0.3 is 10.5 Å². The van der Waals surface area contributed by atoms with E-state index in [4.69, 9.17) is 11.6 Å². The quantitative estimate of drug-likeness (QED) is 0.229. The van der Waals surface area contributed by atoms with Crippen molar-refractivity contribution in [1.29, 1.82) is 0 Å². The molecule has 3 aromatic heterocycles. The minimum atomic E-state index is -0.755. The Hall–Kier alpha value is -5.09. The van der Waals surface area contributed by atoms with E-state index in [1.54, 1.807) is 36.5 Å². The van der Waals surface area contributed by atoms with Gasteiger partial charge in [0.1, 0.15) is 12.2 Å². The number of anilines is 1.